The van der Waals surface area contributed by atoms with Crippen molar-refractivity contribution >= 4 is 33.2 Å². The zero-order valence-corrected chi connectivity index (χ0v) is 14.6. The minimum absolute atomic E-state index is 0.223. The molecule has 0 bridgehead atoms. The quantitative estimate of drug-likeness (QED) is 0.561. The number of amides is 1. The van der Waals surface area contributed by atoms with E-state index >= 15 is 0 Å². The molecule has 0 saturated heterocycles. The van der Waals surface area contributed by atoms with Gasteiger partial charge in [-0.15, -0.1) is 0 Å². The van der Waals surface area contributed by atoms with Gasteiger partial charge in [0, 0.05) is 24.2 Å². The van der Waals surface area contributed by atoms with Crippen LogP contribution in [0, 0.1) is 0 Å². The van der Waals surface area contributed by atoms with Gasteiger partial charge in [0.2, 0.25) is 0 Å². The fraction of sp³-hybridized carbons (Fsp3) is 0. The predicted molar refractivity (Wildman–Crippen MR) is 101 cm³/mol. The summed E-state index contributed by atoms with van der Waals surface area (Å²) in [5, 5.41) is 2.94. The van der Waals surface area contributed by atoms with Crippen LogP contribution in [0.2, 0.25) is 0 Å². The molecule has 0 spiro atoms. The highest BCUT2D eigenvalue weighted by Gasteiger charge is 2.13. The molecule has 6 heteroatoms. The average molecular weight is 393 g/mol. The van der Waals surface area contributed by atoms with Crippen molar-refractivity contribution in [3.05, 3.63) is 83.5 Å². The molecule has 0 fully saturated rings. The third-order valence-corrected chi connectivity index (χ3v) is 4.43. The van der Waals surface area contributed by atoms with E-state index < -0.39 is 0 Å². The third kappa shape index (κ3) is 3.04. The zero-order chi connectivity index (χ0) is 17.2. The number of carbonyl (C=O) groups is 1. The van der Waals surface area contributed by atoms with Gasteiger partial charge in [-0.2, -0.15) is 0 Å². The Balaban J connectivity index is 1.81. The van der Waals surface area contributed by atoms with E-state index in [2.05, 4.69) is 31.2 Å². The first kappa shape index (κ1) is 15.5. The second kappa shape index (κ2) is 6.49. The molecule has 0 aliphatic carbocycles. The minimum Gasteiger partial charge on any atom is -0.319 e. The summed E-state index contributed by atoms with van der Waals surface area (Å²) in [6.07, 6.45) is 6.87. The van der Waals surface area contributed by atoms with Gasteiger partial charge in [-0.25, -0.2) is 4.98 Å². The normalized spacial score (nSPS) is 10.8. The fourth-order valence-electron chi connectivity index (χ4n) is 2.63. The summed E-state index contributed by atoms with van der Waals surface area (Å²) >= 11 is 3.50. The molecule has 0 saturated carbocycles. The number of nitrogens with zero attached hydrogens (tertiary/aromatic N) is 3. The Labute approximate surface area is 152 Å². The van der Waals surface area contributed by atoms with Crippen molar-refractivity contribution in [2.45, 2.75) is 0 Å². The maximum atomic E-state index is 12.5. The SMILES string of the molecule is O=C(Nc1cc(-c2ccccc2)cn2c(Br)cnc12)c1cccnc1. The van der Waals surface area contributed by atoms with Gasteiger partial charge in [0.25, 0.3) is 5.91 Å². The highest BCUT2D eigenvalue weighted by molar-refractivity contribution is 9.10. The topological polar surface area (TPSA) is 59.3 Å². The van der Waals surface area contributed by atoms with Gasteiger partial charge < -0.3 is 5.32 Å². The Morgan fingerprint density at radius 2 is 1.88 bits per heavy atom. The molecule has 4 aromatic rings. The summed E-state index contributed by atoms with van der Waals surface area (Å²) < 4.78 is 2.72. The van der Waals surface area contributed by atoms with Crippen molar-refractivity contribution in [2.24, 2.45) is 0 Å². The molecule has 0 unspecified atom stereocenters. The van der Waals surface area contributed by atoms with E-state index in [0.29, 0.717) is 16.9 Å². The smallest absolute Gasteiger partial charge is 0.257 e. The van der Waals surface area contributed by atoms with Gasteiger partial charge in [0.1, 0.15) is 4.60 Å². The second-order valence-electron chi connectivity index (χ2n) is 5.48. The van der Waals surface area contributed by atoms with Crippen molar-refractivity contribution < 1.29 is 4.79 Å². The first-order valence-electron chi connectivity index (χ1n) is 7.66. The van der Waals surface area contributed by atoms with Crippen LogP contribution in [-0.2, 0) is 0 Å². The average Bonchev–Trinajstić information content (AvgIpc) is 3.04. The molecule has 122 valence electrons. The summed E-state index contributed by atoms with van der Waals surface area (Å²) in [5.74, 6) is -0.223. The summed E-state index contributed by atoms with van der Waals surface area (Å²) in [5.41, 5.74) is 3.84. The van der Waals surface area contributed by atoms with Crippen LogP contribution in [0.5, 0.6) is 0 Å². The van der Waals surface area contributed by atoms with Crippen LogP contribution in [0.4, 0.5) is 5.69 Å². The van der Waals surface area contributed by atoms with E-state index in [4.69, 9.17) is 0 Å². The number of carbonyl (C=O) groups excluding carboxylic acids is 1. The van der Waals surface area contributed by atoms with Crippen LogP contribution in [0.25, 0.3) is 16.8 Å². The molecule has 4 rings (SSSR count). The number of pyridine rings is 2. The lowest BCUT2D eigenvalue weighted by atomic mass is 10.1. The van der Waals surface area contributed by atoms with E-state index in [0.717, 1.165) is 15.7 Å². The van der Waals surface area contributed by atoms with E-state index in [1.165, 1.54) is 6.20 Å². The Morgan fingerprint density at radius 1 is 1.04 bits per heavy atom. The first-order valence-corrected chi connectivity index (χ1v) is 8.45. The molecule has 1 amide bonds. The number of hydrogen-bond donors (Lipinski definition) is 1. The van der Waals surface area contributed by atoms with Crippen LogP contribution < -0.4 is 5.32 Å². The number of rotatable bonds is 3. The lowest BCUT2D eigenvalue weighted by Gasteiger charge is -2.10. The Hall–Kier alpha value is -2.99. The van der Waals surface area contributed by atoms with Gasteiger partial charge in [0.15, 0.2) is 5.65 Å². The van der Waals surface area contributed by atoms with Crippen molar-refractivity contribution in [1.82, 2.24) is 14.4 Å². The molecule has 1 aromatic carbocycles. The number of fused-ring (bicyclic) bond motifs is 1. The molecule has 0 radical (unpaired) electrons. The number of aromatic nitrogens is 3. The van der Waals surface area contributed by atoms with Crippen LogP contribution in [-0.4, -0.2) is 20.3 Å². The first-order chi connectivity index (χ1) is 12.2. The summed E-state index contributed by atoms with van der Waals surface area (Å²) in [6.45, 7) is 0. The largest absolute Gasteiger partial charge is 0.319 e. The Kier molecular flexibility index (Phi) is 4.03. The standard InChI is InChI=1S/C19H13BrN4O/c20-17-11-22-18-16(23-19(25)14-7-4-8-21-10-14)9-15(12-24(17)18)13-5-2-1-3-6-13/h1-12H,(H,23,25). The Morgan fingerprint density at radius 3 is 2.64 bits per heavy atom. The molecule has 0 aliphatic heterocycles. The molecular weight excluding hydrogens is 380 g/mol. The lowest BCUT2D eigenvalue weighted by molar-refractivity contribution is 0.102. The van der Waals surface area contributed by atoms with Gasteiger partial charge in [-0.1, -0.05) is 30.3 Å². The molecule has 25 heavy (non-hydrogen) atoms. The van der Waals surface area contributed by atoms with E-state index in [1.54, 1.807) is 24.5 Å². The maximum absolute atomic E-state index is 12.5. The summed E-state index contributed by atoms with van der Waals surface area (Å²) in [4.78, 5) is 20.9. The van der Waals surface area contributed by atoms with Crippen molar-refractivity contribution in [1.29, 1.82) is 0 Å². The number of imidazole rings is 1. The van der Waals surface area contributed by atoms with Crippen molar-refractivity contribution in [3.63, 3.8) is 0 Å². The van der Waals surface area contributed by atoms with Crippen LogP contribution >= 0.6 is 15.9 Å². The van der Waals surface area contributed by atoms with E-state index in [-0.39, 0.29) is 5.91 Å². The maximum Gasteiger partial charge on any atom is 0.257 e. The molecule has 3 aromatic heterocycles. The third-order valence-electron chi connectivity index (χ3n) is 3.84. The minimum atomic E-state index is -0.223. The number of halogens is 1. The van der Waals surface area contributed by atoms with Gasteiger partial charge in [0.05, 0.1) is 17.4 Å². The predicted octanol–water partition coefficient (Wildman–Crippen LogP) is 4.41. The summed E-state index contributed by atoms with van der Waals surface area (Å²) in [6, 6.07) is 15.4. The fourth-order valence-corrected chi connectivity index (χ4v) is 3.00. The second-order valence-corrected chi connectivity index (χ2v) is 6.29. The Bertz CT molecular complexity index is 1050. The molecule has 5 nitrogen and oxygen atoms in total. The molecular formula is C19H13BrN4O. The molecule has 0 aliphatic rings. The van der Waals surface area contributed by atoms with Gasteiger partial charge in [-0.3, -0.25) is 14.2 Å². The summed E-state index contributed by atoms with van der Waals surface area (Å²) in [7, 11) is 0. The van der Waals surface area contributed by atoms with Crippen molar-refractivity contribution in [3.8, 4) is 11.1 Å². The van der Waals surface area contributed by atoms with Crippen LogP contribution in [0.1, 0.15) is 10.4 Å². The van der Waals surface area contributed by atoms with Crippen LogP contribution in [0.15, 0.2) is 77.9 Å². The lowest BCUT2D eigenvalue weighted by Crippen LogP contribution is -2.13. The van der Waals surface area contributed by atoms with Gasteiger partial charge >= 0.3 is 0 Å². The van der Waals surface area contributed by atoms with E-state index in [1.807, 2.05) is 47.0 Å². The number of nitrogens with one attached hydrogen (secondary N) is 1. The number of hydrogen-bond acceptors (Lipinski definition) is 3. The van der Waals surface area contributed by atoms with E-state index in [9.17, 15) is 4.79 Å². The number of anilines is 1. The number of benzene rings is 1. The highest BCUT2D eigenvalue weighted by Crippen LogP contribution is 2.28. The molecule has 1 N–H and O–H groups in total. The highest BCUT2D eigenvalue weighted by atomic mass is 79.9. The van der Waals surface area contributed by atoms with Gasteiger partial charge in [-0.05, 0) is 39.7 Å². The molecule has 3 heterocycles. The van der Waals surface area contributed by atoms with Crippen molar-refractivity contribution in [2.75, 3.05) is 5.32 Å². The molecule has 0 atom stereocenters. The zero-order valence-electron chi connectivity index (χ0n) is 13.1. The monoisotopic (exact) mass is 392 g/mol. The van der Waals surface area contributed by atoms with Crippen LogP contribution in [0.3, 0.4) is 0 Å².